The van der Waals surface area contributed by atoms with E-state index in [-0.39, 0.29) is 19.3 Å². The number of carbonyl (C=O) groups excluding carboxylic acids is 4. The molecule has 1 aliphatic heterocycles. The molecule has 2 unspecified atom stereocenters. The van der Waals surface area contributed by atoms with Crippen molar-refractivity contribution in [1.29, 1.82) is 0 Å². The van der Waals surface area contributed by atoms with Crippen molar-refractivity contribution < 1.29 is 29.1 Å². The maximum atomic E-state index is 11.6. The molecule has 0 spiro atoms. The van der Waals surface area contributed by atoms with Gasteiger partial charge in [0.15, 0.2) is 0 Å². The molecule has 1 fully saturated rings. The number of nitrogens with two attached hydrogens (primary N) is 1. The number of imide groups is 1. The molecular weight excluding hydrogens is 284 g/mol. The number of carbonyl (C=O) groups is 5. The molecule has 1 heterocycles. The zero-order valence-electron chi connectivity index (χ0n) is 11.3. The zero-order chi connectivity index (χ0) is 16.2. The van der Waals surface area contributed by atoms with Gasteiger partial charge in [-0.25, -0.2) is 9.59 Å². The highest BCUT2D eigenvalue weighted by molar-refractivity contribution is 6.06. The fourth-order valence-electron chi connectivity index (χ4n) is 1.77. The number of rotatable bonds is 6. The molecule has 0 aromatic rings. The van der Waals surface area contributed by atoms with E-state index in [1.807, 2.05) is 0 Å². The Balaban J connectivity index is 2.54. The molecule has 0 aromatic carbocycles. The Hall–Kier alpha value is -2.65. The van der Waals surface area contributed by atoms with Crippen molar-refractivity contribution in [2.24, 2.45) is 5.73 Å². The first-order valence-corrected chi connectivity index (χ1v) is 6.11. The molecule has 21 heavy (non-hydrogen) atoms. The van der Waals surface area contributed by atoms with Gasteiger partial charge < -0.3 is 21.5 Å². The number of amides is 5. The van der Waals surface area contributed by atoms with Crippen LogP contribution in [0.4, 0.5) is 4.79 Å². The highest BCUT2D eigenvalue weighted by Gasteiger charge is 2.37. The fourth-order valence-corrected chi connectivity index (χ4v) is 1.77. The lowest BCUT2D eigenvalue weighted by Crippen LogP contribution is -2.50. The van der Waals surface area contributed by atoms with E-state index in [0.717, 1.165) is 4.90 Å². The average molecular weight is 300 g/mol. The van der Waals surface area contributed by atoms with Gasteiger partial charge in [-0.15, -0.1) is 0 Å². The minimum absolute atomic E-state index is 0.171. The number of urea groups is 1. The van der Waals surface area contributed by atoms with Crippen LogP contribution in [0, 0.1) is 0 Å². The molecule has 5 N–H and O–H groups in total. The van der Waals surface area contributed by atoms with E-state index in [4.69, 9.17) is 10.8 Å². The molecule has 0 radical (unpaired) electrons. The Morgan fingerprint density at radius 2 is 2.05 bits per heavy atom. The number of likely N-dealkylation sites (tertiary alicyclic amines) is 1. The molecule has 2 atom stereocenters. The largest absolute Gasteiger partial charge is 0.480 e. The topological polar surface area (TPSA) is 159 Å². The van der Waals surface area contributed by atoms with Crippen LogP contribution in [-0.4, -0.2) is 58.9 Å². The minimum Gasteiger partial charge on any atom is -0.480 e. The second-order valence-electron chi connectivity index (χ2n) is 4.56. The summed E-state index contributed by atoms with van der Waals surface area (Å²) >= 11 is 0. The second-order valence-corrected chi connectivity index (χ2v) is 4.56. The number of hydrogen-bond donors (Lipinski definition) is 4. The van der Waals surface area contributed by atoms with E-state index in [1.54, 1.807) is 0 Å². The first-order valence-electron chi connectivity index (χ1n) is 6.11. The van der Waals surface area contributed by atoms with Gasteiger partial charge in [0.2, 0.25) is 11.8 Å². The van der Waals surface area contributed by atoms with Crippen molar-refractivity contribution in [2.45, 2.75) is 31.3 Å². The summed E-state index contributed by atoms with van der Waals surface area (Å²) in [5, 5.41) is 13.2. The maximum Gasteiger partial charge on any atom is 0.326 e. The quantitative estimate of drug-likeness (QED) is 0.406. The number of carboxylic acid groups (broad SMARTS) is 1. The van der Waals surface area contributed by atoms with E-state index in [1.165, 1.54) is 7.05 Å². The van der Waals surface area contributed by atoms with Crippen LogP contribution >= 0.6 is 0 Å². The van der Waals surface area contributed by atoms with Crippen molar-refractivity contribution in [3.8, 4) is 0 Å². The third kappa shape index (κ3) is 4.44. The minimum atomic E-state index is -1.34. The van der Waals surface area contributed by atoms with Crippen LogP contribution in [0.25, 0.3) is 0 Å². The molecule has 0 aromatic heterocycles. The van der Waals surface area contributed by atoms with Gasteiger partial charge in [0.25, 0.3) is 5.91 Å². The third-order valence-corrected chi connectivity index (χ3v) is 2.97. The van der Waals surface area contributed by atoms with E-state index in [0.29, 0.717) is 0 Å². The third-order valence-electron chi connectivity index (χ3n) is 2.97. The van der Waals surface area contributed by atoms with Crippen LogP contribution in [0.3, 0.4) is 0 Å². The van der Waals surface area contributed by atoms with Gasteiger partial charge in [-0.1, -0.05) is 0 Å². The standard InChI is InChI=1S/C11H16N4O6/c1-15-8(17)4-6(9(15)18)14-11(21)13-5(10(19)20)2-3-7(12)16/h5-6H,2-4H2,1H3,(H2,12,16)(H,19,20)(H2,13,14,21). The van der Waals surface area contributed by atoms with E-state index >= 15 is 0 Å². The monoisotopic (exact) mass is 300 g/mol. The van der Waals surface area contributed by atoms with Gasteiger partial charge in [-0.05, 0) is 6.42 Å². The van der Waals surface area contributed by atoms with E-state index in [2.05, 4.69) is 10.6 Å². The molecule has 10 nitrogen and oxygen atoms in total. The van der Waals surface area contributed by atoms with Gasteiger partial charge in [0, 0.05) is 13.5 Å². The molecule has 0 aliphatic carbocycles. The van der Waals surface area contributed by atoms with Crippen LogP contribution < -0.4 is 16.4 Å². The summed E-state index contributed by atoms with van der Waals surface area (Å²) in [5.74, 6) is -3.04. The van der Waals surface area contributed by atoms with Gasteiger partial charge >= 0.3 is 12.0 Å². The molecule has 0 saturated carbocycles. The smallest absolute Gasteiger partial charge is 0.326 e. The Labute approximate surface area is 119 Å². The van der Waals surface area contributed by atoms with Crippen molar-refractivity contribution >= 4 is 29.7 Å². The number of nitrogens with zero attached hydrogens (tertiary/aromatic N) is 1. The summed E-state index contributed by atoms with van der Waals surface area (Å²) in [6.45, 7) is 0. The van der Waals surface area contributed by atoms with Crippen LogP contribution in [0.15, 0.2) is 0 Å². The number of nitrogens with one attached hydrogen (secondary N) is 2. The number of likely N-dealkylation sites (N-methyl/N-ethyl adjacent to an activating group) is 1. The van der Waals surface area contributed by atoms with Crippen LogP contribution in [0.5, 0.6) is 0 Å². The number of aliphatic carboxylic acids is 1. The molecule has 116 valence electrons. The van der Waals surface area contributed by atoms with Gasteiger partial charge in [-0.3, -0.25) is 19.3 Å². The summed E-state index contributed by atoms with van der Waals surface area (Å²) < 4.78 is 0. The van der Waals surface area contributed by atoms with Crippen LogP contribution in [-0.2, 0) is 19.2 Å². The SMILES string of the molecule is CN1C(=O)CC(NC(=O)NC(CCC(N)=O)C(=O)O)C1=O. The van der Waals surface area contributed by atoms with Crippen molar-refractivity contribution in [2.75, 3.05) is 7.05 Å². The molecule has 1 rings (SSSR count). The normalized spacial score (nSPS) is 19.3. The predicted octanol–water partition coefficient (Wildman–Crippen LogP) is -2.24. The van der Waals surface area contributed by atoms with E-state index in [9.17, 15) is 24.0 Å². The zero-order valence-corrected chi connectivity index (χ0v) is 11.3. The Kier molecular flexibility index (Phi) is 5.22. The molecule has 0 bridgehead atoms. The molecule has 1 aliphatic rings. The summed E-state index contributed by atoms with van der Waals surface area (Å²) in [6.07, 6.45) is -0.557. The van der Waals surface area contributed by atoms with Crippen molar-refractivity contribution in [3.63, 3.8) is 0 Å². The summed E-state index contributed by atoms with van der Waals surface area (Å²) in [6, 6.07) is -3.25. The van der Waals surface area contributed by atoms with Gasteiger partial charge in [0.1, 0.15) is 12.1 Å². The molecule has 1 saturated heterocycles. The number of carboxylic acids is 1. The second kappa shape index (κ2) is 6.68. The Morgan fingerprint density at radius 3 is 2.48 bits per heavy atom. The first kappa shape index (κ1) is 16.4. The number of hydrogen-bond acceptors (Lipinski definition) is 5. The molecule has 10 heteroatoms. The highest BCUT2D eigenvalue weighted by atomic mass is 16.4. The van der Waals surface area contributed by atoms with Gasteiger partial charge in [0.05, 0.1) is 6.42 Å². The van der Waals surface area contributed by atoms with Crippen LogP contribution in [0.1, 0.15) is 19.3 Å². The lowest BCUT2D eigenvalue weighted by atomic mass is 10.1. The first-order chi connectivity index (χ1) is 9.72. The summed E-state index contributed by atoms with van der Waals surface area (Å²) in [4.78, 5) is 56.9. The van der Waals surface area contributed by atoms with Crippen molar-refractivity contribution in [1.82, 2.24) is 15.5 Å². The fraction of sp³-hybridized carbons (Fsp3) is 0.545. The lowest BCUT2D eigenvalue weighted by molar-refractivity contribution is -0.139. The summed E-state index contributed by atoms with van der Waals surface area (Å²) in [7, 11) is 1.29. The number of primary amides is 1. The van der Waals surface area contributed by atoms with Crippen molar-refractivity contribution in [3.05, 3.63) is 0 Å². The highest BCUT2D eigenvalue weighted by Crippen LogP contribution is 2.10. The molecule has 5 amide bonds. The maximum absolute atomic E-state index is 11.6. The van der Waals surface area contributed by atoms with E-state index < -0.39 is 41.8 Å². The van der Waals surface area contributed by atoms with Gasteiger partial charge in [-0.2, -0.15) is 0 Å². The Morgan fingerprint density at radius 1 is 1.43 bits per heavy atom. The predicted molar refractivity (Wildman–Crippen MR) is 67.7 cm³/mol. The van der Waals surface area contributed by atoms with Crippen LogP contribution in [0.2, 0.25) is 0 Å². The molecular formula is C11H16N4O6. The Bertz CT molecular complexity index is 491. The summed E-state index contributed by atoms with van der Waals surface area (Å²) in [5.41, 5.74) is 4.90. The lowest BCUT2D eigenvalue weighted by Gasteiger charge is -2.16. The average Bonchev–Trinajstić information content (AvgIpc) is 2.61.